The molecule has 0 radical (unpaired) electrons. The average Bonchev–Trinajstić information content (AvgIpc) is 3.03. The Morgan fingerprint density at radius 3 is 2.69 bits per heavy atom. The maximum Gasteiger partial charge on any atom is 0.256 e. The van der Waals surface area contributed by atoms with E-state index in [1.54, 1.807) is 0 Å². The van der Waals surface area contributed by atoms with E-state index in [-0.39, 0.29) is 23.0 Å². The summed E-state index contributed by atoms with van der Waals surface area (Å²) in [5, 5.41) is 6.22. The number of H-pyrrole nitrogens is 1. The van der Waals surface area contributed by atoms with Crippen LogP contribution in [0, 0.1) is 5.82 Å². The summed E-state index contributed by atoms with van der Waals surface area (Å²) >= 11 is 5.82. The molecular formula is C19H17ClFN3O2. The number of fused-ring (bicyclic) bond motifs is 1. The quantitative estimate of drug-likeness (QED) is 0.621. The fourth-order valence-corrected chi connectivity index (χ4v) is 2.95. The highest BCUT2D eigenvalue weighted by atomic mass is 35.5. The Balaban J connectivity index is 1.48. The topological polar surface area (TPSA) is 74.0 Å². The Hall–Kier alpha value is -2.86. The Morgan fingerprint density at radius 1 is 1.08 bits per heavy atom. The summed E-state index contributed by atoms with van der Waals surface area (Å²) in [4.78, 5) is 27.0. The lowest BCUT2D eigenvalue weighted by atomic mass is 10.1. The maximum absolute atomic E-state index is 13.7. The first-order valence-electron chi connectivity index (χ1n) is 8.10. The van der Waals surface area contributed by atoms with Gasteiger partial charge < -0.3 is 15.6 Å². The number of benzene rings is 2. The van der Waals surface area contributed by atoms with Crippen LogP contribution in [0.4, 0.5) is 4.39 Å². The van der Waals surface area contributed by atoms with E-state index in [1.165, 1.54) is 12.1 Å². The van der Waals surface area contributed by atoms with Crippen LogP contribution in [0.15, 0.2) is 48.7 Å². The Labute approximate surface area is 154 Å². The smallest absolute Gasteiger partial charge is 0.256 e. The highest BCUT2D eigenvalue weighted by molar-refractivity contribution is 6.33. The number of hydrogen-bond acceptors (Lipinski definition) is 2. The first kappa shape index (κ1) is 17.9. The number of carbonyl (C=O) groups excluding carboxylic acids is 2. The minimum absolute atomic E-state index is 0.00208. The van der Waals surface area contributed by atoms with Crippen LogP contribution in [-0.2, 0) is 11.2 Å². The zero-order valence-corrected chi connectivity index (χ0v) is 14.6. The second kappa shape index (κ2) is 8.01. The normalized spacial score (nSPS) is 10.7. The Bertz CT molecular complexity index is 935. The van der Waals surface area contributed by atoms with Crippen molar-refractivity contribution in [3.63, 3.8) is 0 Å². The van der Waals surface area contributed by atoms with Gasteiger partial charge in [-0.05, 0) is 30.2 Å². The molecule has 0 spiro atoms. The van der Waals surface area contributed by atoms with E-state index >= 15 is 0 Å². The van der Waals surface area contributed by atoms with Gasteiger partial charge in [-0.25, -0.2) is 4.39 Å². The number of rotatable bonds is 6. The highest BCUT2D eigenvalue weighted by Crippen LogP contribution is 2.19. The molecule has 0 saturated carbocycles. The number of hydrogen-bond donors (Lipinski definition) is 3. The van der Waals surface area contributed by atoms with Crippen LogP contribution in [0.25, 0.3) is 10.9 Å². The molecule has 0 atom stereocenters. The molecule has 0 aliphatic rings. The van der Waals surface area contributed by atoms with Gasteiger partial charge in [0.25, 0.3) is 5.91 Å². The van der Waals surface area contributed by atoms with Gasteiger partial charge in [0.1, 0.15) is 5.82 Å². The van der Waals surface area contributed by atoms with Crippen LogP contribution in [0.1, 0.15) is 15.9 Å². The van der Waals surface area contributed by atoms with Gasteiger partial charge in [0, 0.05) is 23.6 Å². The molecule has 0 saturated heterocycles. The molecule has 1 aromatic heterocycles. The van der Waals surface area contributed by atoms with Gasteiger partial charge in [-0.1, -0.05) is 35.9 Å². The molecule has 5 nitrogen and oxygen atoms in total. The Morgan fingerprint density at radius 2 is 1.88 bits per heavy atom. The van der Waals surface area contributed by atoms with Crippen LogP contribution in [0.3, 0.4) is 0 Å². The second-order valence-corrected chi connectivity index (χ2v) is 6.15. The average molecular weight is 374 g/mol. The van der Waals surface area contributed by atoms with Crippen LogP contribution >= 0.6 is 11.6 Å². The summed E-state index contributed by atoms with van der Waals surface area (Å²) in [6, 6.07) is 11.9. The molecule has 0 bridgehead atoms. The first-order chi connectivity index (χ1) is 12.6. The molecule has 0 aliphatic heterocycles. The van der Waals surface area contributed by atoms with E-state index in [1.807, 2.05) is 30.5 Å². The van der Waals surface area contributed by atoms with Gasteiger partial charge in [-0.2, -0.15) is 0 Å². The van der Waals surface area contributed by atoms with Crippen molar-refractivity contribution in [3.05, 3.63) is 70.6 Å². The van der Waals surface area contributed by atoms with E-state index < -0.39 is 11.7 Å². The van der Waals surface area contributed by atoms with Gasteiger partial charge in [-0.15, -0.1) is 0 Å². The van der Waals surface area contributed by atoms with Gasteiger partial charge in [0.15, 0.2) is 0 Å². The third-order valence-corrected chi connectivity index (χ3v) is 4.31. The molecule has 7 heteroatoms. The van der Waals surface area contributed by atoms with Gasteiger partial charge in [-0.3, -0.25) is 9.59 Å². The predicted molar refractivity (Wildman–Crippen MR) is 98.8 cm³/mol. The number of aromatic amines is 1. The van der Waals surface area contributed by atoms with E-state index in [9.17, 15) is 14.0 Å². The van der Waals surface area contributed by atoms with Crippen molar-refractivity contribution in [1.82, 2.24) is 15.6 Å². The zero-order valence-electron chi connectivity index (χ0n) is 13.8. The van der Waals surface area contributed by atoms with Crippen LogP contribution < -0.4 is 10.6 Å². The van der Waals surface area contributed by atoms with E-state index in [0.29, 0.717) is 13.0 Å². The lowest BCUT2D eigenvalue weighted by Gasteiger charge is -2.08. The van der Waals surface area contributed by atoms with Crippen molar-refractivity contribution >= 4 is 34.3 Å². The third-order valence-electron chi connectivity index (χ3n) is 3.99. The van der Waals surface area contributed by atoms with E-state index in [4.69, 9.17) is 11.6 Å². The number of aromatic nitrogens is 1. The van der Waals surface area contributed by atoms with Gasteiger partial charge in [0.05, 0.1) is 17.1 Å². The molecule has 26 heavy (non-hydrogen) atoms. The molecule has 0 aliphatic carbocycles. The summed E-state index contributed by atoms with van der Waals surface area (Å²) in [6.07, 6.45) is 2.57. The zero-order chi connectivity index (χ0) is 18.5. The fraction of sp³-hybridized carbons (Fsp3) is 0.158. The van der Waals surface area contributed by atoms with Crippen molar-refractivity contribution in [1.29, 1.82) is 0 Å². The molecule has 0 unspecified atom stereocenters. The first-order valence-corrected chi connectivity index (χ1v) is 8.48. The predicted octanol–water partition coefficient (Wildman–Crippen LogP) is 3.05. The number of halogens is 2. The van der Waals surface area contributed by atoms with Crippen LogP contribution in [0.2, 0.25) is 5.02 Å². The number of para-hydroxylation sites is 1. The molecule has 134 valence electrons. The van der Waals surface area contributed by atoms with Crippen molar-refractivity contribution in [2.45, 2.75) is 6.42 Å². The standard InChI is InChI=1S/C19H17ClFN3O2/c20-14-5-3-6-15(21)18(14)19(26)24-11-17(25)22-9-8-12-10-23-16-7-2-1-4-13(12)16/h1-7,10,23H,8-9,11H2,(H,22,25)(H,24,26). The monoisotopic (exact) mass is 373 g/mol. The molecule has 1 heterocycles. The van der Waals surface area contributed by atoms with Crippen molar-refractivity contribution in [3.8, 4) is 0 Å². The van der Waals surface area contributed by atoms with E-state index in [0.717, 1.165) is 22.5 Å². The van der Waals surface area contributed by atoms with Crippen LogP contribution in [-0.4, -0.2) is 29.9 Å². The number of carbonyl (C=O) groups is 2. The van der Waals surface area contributed by atoms with Gasteiger partial charge >= 0.3 is 0 Å². The summed E-state index contributed by atoms with van der Waals surface area (Å²) in [5.74, 6) is -1.81. The summed E-state index contributed by atoms with van der Waals surface area (Å²) < 4.78 is 13.7. The third kappa shape index (κ3) is 4.03. The molecule has 3 rings (SSSR count). The summed E-state index contributed by atoms with van der Waals surface area (Å²) in [7, 11) is 0. The number of amides is 2. The second-order valence-electron chi connectivity index (χ2n) is 5.74. The van der Waals surface area contributed by atoms with Crippen molar-refractivity contribution < 1.29 is 14.0 Å². The molecule has 3 N–H and O–H groups in total. The largest absolute Gasteiger partial charge is 0.361 e. The van der Waals surface area contributed by atoms with Crippen molar-refractivity contribution in [2.24, 2.45) is 0 Å². The van der Waals surface area contributed by atoms with Crippen molar-refractivity contribution in [2.75, 3.05) is 13.1 Å². The molecule has 3 aromatic rings. The molecule has 0 fully saturated rings. The fourth-order valence-electron chi connectivity index (χ4n) is 2.70. The molecule has 2 aromatic carbocycles. The van der Waals surface area contributed by atoms with Crippen LogP contribution in [0.5, 0.6) is 0 Å². The summed E-state index contributed by atoms with van der Waals surface area (Å²) in [6.45, 7) is 0.175. The maximum atomic E-state index is 13.7. The molecule has 2 amide bonds. The molecular weight excluding hydrogens is 357 g/mol. The van der Waals surface area contributed by atoms with E-state index in [2.05, 4.69) is 15.6 Å². The Kier molecular flexibility index (Phi) is 5.53. The summed E-state index contributed by atoms with van der Waals surface area (Å²) in [5.41, 5.74) is 1.88. The van der Waals surface area contributed by atoms with Gasteiger partial charge in [0.2, 0.25) is 5.91 Å². The number of nitrogens with one attached hydrogen (secondary N) is 3. The highest BCUT2D eigenvalue weighted by Gasteiger charge is 2.16. The minimum Gasteiger partial charge on any atom is -0.361 e. The lowest BCUT2D eigenvalue weighted by molar-refractivity contribution is -0.120. The SMILES string of the molecule is O=C(CNC(=O)c1c(F)cccc1Cl)NCCc1c[nH]c2ccccc12. The lowest BCUT2D eigenvalue weighted by Crippen LogP contribution is -2.38. The minimum atomic E-state index is -0.727.